The van der Waals surface area contributed by atoms with Crippen LogP contribution >= 0.6 is 11.6 Å². The van der Waals surface area contributed by atoms with Crippen LogP contribution in [0.5, 0.6) is 11.5 Å². The molecule has 0 unspecified atom stereocenters. The van der Waals surface area contributed by atoms with E-state index >= 15 is 0 Å². The second-order valence-corrected chi connectivity index (χ2v) is 8.92. The summed E-state index contributed by atoms with van der Waals surface area (Å²) in [6, 6.07) is 11.0. The first-order chi connectivity index (χ1) is 13.7. The summed E-state index contributed by atoms with van der Waals surface area (Å²) >= 11 is 6.11. The van der Waals surface area contributed by atoms with E-state index in [0.29, 0.717) is 11.5 Å². The van der Waals surface area contributed by atoms with Crippen LogP contribution < -0.4 is 14.8 Å². The van der Waals surface area contributed by atoms with Crippen molar-refractivity contribution in [1.82, 2.24) is 9.62 Å². The summed E-state index contributed by atoms with van der Waals surface area (Å²) in [6.45, 7) is 3.94. The van der Waals surface area contributed by atoms with Crippen LogP contribution in [0.1, 0.15) is 24.2 Å². The number of methoxy groups -OCH3 is 1. The lowest BCUT2D eigenvalue weighted by Crippen LogP contribution is -2.33. The van der Waals surface area contributed by atoms with Crippen molar-refractivity contribution in [3.63, 3.8) is 0 Å². The summed E-state index contributed by atoms with van der Waals surface area (Å²) in [5, 5.41) is 2.85. The second-order valence-electron chi connectivity index (χ2n) is 6.51. The quantitative estimate of drug-likeness (QED) is 0.605. The Morgan fingerprint density at radius 3 is 2.45 bits per heavy atom. The van der Waals surface area contributed by atoms with E-state index in [1.165, 1.54) is 29.6 Å². The molecule has 0 aromatic heterocycles. The van der Waals surface area contributed by atoms with Gasteiger partial charge in [-0.2, -0.15) is 4.31 Å². The zero-order valence-corrected chi connectivity index (χ0v) is 18.4. The number of benzene rings is 2. The van der Waals surface area contributed by atoms with E-state index in [4.69, 9.17) is 21.1 Å². The topological polar surface area (TPSA) is 84.9 Å². The Labute approximate surface area is 176 Å². The molecule has 2 rings (SSSR count). The van der Waals surface area contributed by atoms with Gasteiger partial charge in [-0.15, -0.1) is 0 Å². The molecule has 0 radical (unpaired) electrons. The van der Waals surface area contributed by atoms with Crippen molar-refractivity contribution >= 4 is 27.5 Å². The molecule has 1 amide bonds. The average Bonchev–Trinajstić information content (AvgIpc) is 2.70. The van der Waals surface area contributed by atoms with E-state index in [-0.39, 0.29) is 34.7 Å². The lowest BCUT2D eigenvalue weighted by molar-refractivity contribution is 0.0946. The average molecular weight is 441 g/mol. The molecule has 158 valence electrons. The third-order valence-corrected chi connectivity index (χ3v) is 6.66. The Kier molecular flexibility index (Phi) is 7.89. The van der Waals surface area contributed by atoms with Crippen molar-refractivity contribution in [1.29, 1.82) is 0 Å². The maximum absolute atomic E-state index is 12.7. The molecule has 0 bridgehead atoms. The molecule has 0 heterocycles. The highest BCUT2D eigenvalue weighted by Gasteiger charge is 2.25. The fourth-order valence-electron chi connectivity index (χ4n) is 2.44. The van der Waals surface area contributed by atoms with Crippen LogP contribution in [0, 0.1) is 0 Å². The molecule has 0 spiro atoms. The van der Waals surface area contributed by atoms with Gasteiger partial charge < -0.3 is 14.8 Å². The molecule has 7 nitrogen and oxygen atoms in total. The Morgan fingerprint density at radius 2 is 1.83 bits per heavy atom. The number of carbonyl (C=O) groups excluding carboxylic acids is 1. The van der Waals surface area contributed by atoms with E-state index in [0.717, 1.165) is 0 Å². The summed E-state index contributed by atoms with van der Waals surface area (Å²) in [6.07, 6.45) is 0. The van der Waals surface area contributed by atoms with Crippen molar-refractivity contribution in [3.8, 4) is 11.5 Å². The maximum atomic E-state index is 12.7. The van der Waals surface area contributed by atoms with Gasteiger partial charge >= 0.3 is 0 Å². The van der Waals surface area contributed by atoms with Gasteiger partial charge in [0.25, 0.3) is 5.91 Å². The van der Waals surface area contributed by atoms with Crippen molar-refractivity contribution in [3.05, 3.63) is 53.1 Å². The number of nitrogens with zero attached hydrogens (tertiary/aromatic N) is 1. The lowest BCUT2D eigenvalue weighted by atomic mass is 10.2. The summed E-state index contributed by atoms with van der Waals surface area (Å²) in [4.78, 5) is 12.5. The Hall–Kier alpha value is -2.29. The number of ether oxygens (including phenoxy) is 2. The van der Waals surface area contributed by atoms with Crippen molar-refractivity contribution in [2.45, 2.75) is 24.8 Å². The highest BCUT2D eigenvalue weighted by atomic mass is 35.5. The summed E-state index contributed by atoms with van der Waals surface area (Å²) in [5.41, 5.74) is 0.0854. The number of rotatable bonds is 9. The summed E-state index contributed by atoms with van der Waals surface area (Å²) < 4.78 is 37.4. The van der Waals surface area contributed by atoms with Gasteiger partial charge in [0.15, 0.2) is 11.5 Å². The number of halogens is 1. The second kappa shape index (κ2) is 9.96. The van der Waals surface area contributed by atoms with Crippen molar-refractivity contribution in [2.75, 3.05) is 27.3 Å². The minimum Gasteiger partial charge on any atom is -0.493 e. The van der Waals surface area contributed by atoms with Gasteiger partial charge in [-0.05, 0) is 44.2 Å². The molecule has 0 aliphatic carbocycles. The Balaban J connectivity index is 2.05. The third kappa shape index (κ3) is 5.62. The van der Waals surface area contributed by atoms with Gasteiger partial charge in [0.05, 0.1) is 29.1 Å². The summed E-state index contributed by atoms with van der Waals surface area (Å²) in [5.74, 6) is 0.670. The lowest BCUT2D eigenvalue weighted by Gasteiger charge is -2.21. The minimum atomic E-state index is -3.72. The Bertz CT molecular complexity index is 963. The zero-order chi connectivity index (χ0) is 21.6. The van der Waals surface area contributed by atoms with Crippen LogP contribution in [0.4, 0.5) is 0 Å². The molecular weight excluding hydrogens is 416 g/mol. The van der Waals surface area contributed by atoms with E-state index in [1.54, 1.807) is 33.1 Å². The Morgan fingerprint density at radius 1 is 1.17 bits per heavy atom. The fourth-order valence-corrected chi connectivity index (χ4v) is 4.04. The molecule has 2 aromatic carbocycles. The van der Waals surface area contributed by atoms with Crippen LogP contribution in [-0.2, 0) is 10.0 Å². The first kappa shape index (κ1) is 23.0. The van der Waals surface area contributed by atoms with Gasteiger partial charge in [0.1, 0.15) is 6.61 Å². The molecule has 0 aliphatic rings. The number of carbonyl (C=O) groups is 1. The number of hydrogen-bond acceptors (Lipinski definition) is 5. The molecule has 0 fully saturated rings. The number of para-hydroxylation sites is 2. The molecule has 0 saturated carbocycles. The van der Waals surface area contributed by atoms with Gasteiger partial charge in [-0.25, -0.2) is 8.42 Å². The molecule has 29 heavy (non-hydrogen) atoms. The largest absolute Gasteiger partial charge is 0.493 e. The SMILES string of the molecule is COc1ccccc1OCCNC(=O)c1cc(S(=O)(=O)N(C)C(C)C)ccc1Cl. The standard InChI is InChI=1S/C20H25ClN2O5S/c1-14(2)23(3)29(25,26)15-9-10-17(21)16(13-15)20(24)22-11-12-28-19-8-6-5-7-18(19)27-4/h5-10,13-14H,11-12H2,1-4H3,(H,22,24). The first-order valence-electron chi connectivity index (χ1n) is 9.00. The predicted octanol–water partition coefficient (Wildman–Crippen LogP) is 3.19. The van der Waals surface area contributed by atoms with Crippen LogP contribution in [0.15, 0.2) is 47.4 Å². The van der Waals surface area contributed by atoms with E-state index in [2.05, 4.69) is 5.32 Å². The van der Waals surface area contributed by atoms with Gasteiger partial charge in [-0.3, -0.25) is 4.79 Å². The number of nitrogens with one attached hydrogen (secondary N) is 1. The molecule has 2 aromatic rings. The zero-order valence-electron chi connectivity index (χ0n) is 16.8. The van der Waals surface area contributed by atoms with E-state index in [9.17, 15) is 13.2 Å². The molecule has 1 N–H and O–H groups in total. The van der Waals surface area contributed by atoms with Crippen LogP contribution in [0.2, 0.25) is 5.02 Å². The number of sulfonamides is 1. The molecule has 9 heteroatoms. The van der Waals surface area contributed by atoms with Crippen LogP contribution in [0.3, 0.4) is 0 Å². The van der Waals surface area contributed by atoms with Gasteiger partial charge in [-0.1, -0.05) is 23.7 Å². The maximum Gasteiger partial charge on any atom is 0.252 e. The highest BCUT2D eigenvalue weighted by molar-refractivity contribution is 7.89. The first-order valence-corrected chi connectivity index (χ1v) is 10.8. The van der Waals surface area contributed by atoms with Crippen molar-refractivity contribution < 1.29 is 22.7 Å². The third-order valence-electron chi connectivity index (χ3n) is 4.30. The van der Waals surface area contributed by atoms with E-state index in [1.807, 2.05) is 12.1 Å². The van der Waals surface area contributed by atoms with E-state index < -0.39 is 15.9 Å². The molecule has 0 aliphatic heterocycles. The summed E-state index contributed by atoms with van der Waals surface area (Å²) in [7, 11) is -0.689. The monoisotopic (exact) mass is 440 g/mol. The predicted molar refractivity (Wildman–Crippen MR) is 112 cm³/mol. The fraction of sp³-hybridized carbons (Fsp3) is 0.350. The molecular formula is C20H25ClN2O5S. The smallest absolute Gasteiger partial charge is 0.252 e. The number of amides is 1. The van der Waals surface area contributed by atoms with Crippen LogP contribution in [-0.4, -0.2) is 52.0 Å². The van der Waals surface area contributed by atoms with Gasteiger partial charge in [0, 0.05) is 13.1 Å². The highest BCUT2D eigenvalue weighted by Crippen LogP contribution is 2.26. The normalized spacial score (nSPS) is 11.6. The van der Waals surface area contributed by atoms with Crippen LogP contribution in [0.25, 0.3) is 0 Å². The number of hydrogen-bond donors (Lipinski definition) is 1. The van der Waals surface area contributed by atoms with Crippen molar-refractivity contribution in [2.24, 2.45) is 0 Å². The molecule has 0 saturated heterocycles. The van der Waals surface area contributed by atoms with Gasteiger partial charge in [0.2, 0.25) is 10.0 Å². The molecule has 0 atom stereocenters. The minimum absolute atomic E-state index is 0.00789.